The fourth-order valence-electron chi connectivity index (χ4n) is 1.96. The smallest absolute Gasteiger partial charge is 0.303 e. The second-order valence-electron chi connectivity index (χ2n) is 4.93. The van der Waals surface area contributed by atoms with E-state index in [9.17, 15) is 9.90 Å². The molecule has 0 fully saturated rings. The van der Waals surface area contributed by atoms with Gasteiger partial charge in [0, 0.05) is 9.99 Å². The lowest BCUT2D eigenvalue weighted by Crippen LogP contribution is -2.02. The Morgan fingerprint density at radius 2 is 1.73 bits per heavy atom. The summed E-state index contributed by atoms with van der Waals surface area (Å²) in [6.45, 7) is 0.484. The Morgan fingerprint density at radius 3 is 2.32 bits per heavy atom. The second kappa shape index (κ2) is 8.14. The molecule has 0 bridgehead atoms. The third-order valence-electron chi connectivity index (χ3n) is 3.22. The third kappa shape index (κ3) is 5.31. The third-order valence-corrected chi connectivity index (χ3v) is 3.93. The van der Waals surface area contributed by atoms with Crippen LogP contribution in [0.2, 0.25) is 0 Å². The first-order chi connectivity index (χ1) is 10.5. The van der Waals surface area contributed by atoms with Gasteiger partial charge >= 0.3 is 5.97 Å². The minimum absolute atomic E-state index is 0.0494. The van der Waals surface area contributed by atoms with Crippen molar-refractivity contribution in [2.75, 3.05) is 0 Å². The quantitative estimate of drug-likeness (QED) is 0.680. The maximum Gasteiger partial charge on any atom is 0.303 e. The lowest BCUT2D eigenvalue weighted by Gasteiger charge is -2.11. The van der Waals surface area contributed by atoms with E-state index in [-0.39, 0.29) is 12.8 Å². The molecule has 5 heteroatoms. The van der Waals surface area contributed by atoms with Crippen LogP contribution in [0.1, 0.15) is 30.1 Å². The van der Waals surface area contributed by atoms with E-state index in [0.29, 0.717) is 17.9 Å². The van der Waals surface area contributed by atoms with Crippen LogP contribution < -0.4 is 4.74 Å². The van der Waals surface area contributed by atoms with Gasteiger partial charge in [-0.3, -0.25) is 4.79 Å². The highest BCUT2D eigenvalue weighted by Crippen LogP contribution is 2.22. The summed E-state index contributed by atoms with van der Waals surface area (Å²) in [5, 5.41) is 18.5. The van der Waals surface area contributed by atoms with E-state index in [1.165, 1.54) is 3.57 Å². The van der Waals surface area contributed by atoms with Gasteiger partial charge in [0.25, 0.3) is 0 Å². The number of hydrogen-bond donors (Lipinski definition) is 2. The molecule has 4 nitrogen and oxygen atoms in total. The summed E-state index contributed by atoms with van der Waals surface area (Å²) in [5.74, 6) is -0.191. The van der Waals surface area contributed by atoms with Gasteiger partial charge in [0.15, 0.2) is 0 Å². The maximum absolute atomic E-state index is 10.5. The number of carboxylic acid groups (broad SMARTS) is 1. The van der Waals surface area contributed by atoms with Gasteiger partial charge in [0.05, 0.1) is 6.10 Å². The number of aliphatic carboxylic acids is 1. The molecule has 0 saturated carbocycles. The predicted octanol–water partition coefficient (Wildman–Crippen LogP) is 3.77. The average Bonchev–Trinajstić information content (AvgIpc) is 2.52. The highest BCUT2D eigenvalue weighted by atomic mass is 127. The minimum atomic E-state index is -0.906. The molecule has 1 unspecified atom stereocenters. The van der Waals surface area contributed by atoms with Crippen LogP contribution in [-0.4, -0.2) is 16.2 Å². The summed E-state index contributed by atoms with van der Waals surface area (Å²) >= 11 is 2.26. The van der Waals surface area contributed by atoms with Gasteiger partial charge in [-0.2, -0.15) is 0 Å². The van der Waals surface area contributed by atoms with E-state index in [1.54, 1.807) is 24.3 Å². The molecule has 2 rings (SSSR count). The Balaban J connectivity index is 1.88. The molecule has 0 spiro atoms. The van der Waals surface area contributed by atoms with Crippen molar-refractivity contribution in [1.29, 1.82) is 0 Å². The number of rotatable bonds is 7. The zero-order valence-corrected chi connectivity index (χ0v) is 14.1. The standard InChI is InChI=1S/C17H17IO4/c18-14-5-1-12(2-6-14)11-22-15-7-3-13(4-8-15)16(19)9-10-17(20)21/h1-8,16,19H,9-11H2,(H,20,21). The van der Waals surface area contributed by atoms with Gasteiger partial charge in [-0.1, -0.05) is 24.3 Å². The van der Waals surface area contributed by atoms with E-state index in [1.807, 2.05) is 24.3 Å². The molecular weight excluding hydrogens is 395 g/mol. The molecule has 0 aliphatic heterocycles. The van der Waals surface area contributed by atoms with Gasteiger partial charge in [0.2, 0.25) is 0 Å². The Labute approximate surface area is 142 Å². The van der Waals surface area contributed by atoms with Crippen molar-refractivity contribution < 1.29 is 19.7 Å². The minimum Gasteiger partial charge on any atom is -0.489 e. The summed E-state index contributed by atoms with van der Waals surface area (Å²) in [6.07, 6.45) is -0.605. The molecule has 1 atom stereocenters. The summed E-state index contributed by atoms with van der Waals surface area (Å²) in [4.78, 5) is 10.5. The molecule has 0 saturated heterocycles. The van der Waals surface area contributed by atoms with Crippen LogP contribution >= 0.6 is 22.6 Å². The molecule has 116 valence electrons. The SMILES string of the molecule is O=C(O)CCC(O)c1ccc(OCc2ccc(I)cc2)cc1. The fourth-order valence-corrected chi connectivity index (χ4v) is 2.32. The lowest BCUT2D eigenvalue weighted by atomic mass is 10.1. The molecule has 2 aromatic carbocycles. The van der Waals surface area contributed by atoms with E-state index < -0.39 is 12.1 Å². The summed E-state index contributed by atoms with van der Waals surface area (Å²) < 4.78 is 6.87. The summed E-state index contributed by atoms with van der Waals surface area (Å²) in [7, 11) is 0. The maximum atomic E-state index is 10.5. The van der Waals surface area contributed by atoms with Crippen molar-refractivity contribution in [1.82, 2.24) is 0 Å². The Kier molecular flexibility index (Phi) is 6.21. The number of ether oxygens (including phenoxy) is 1. The zero-order valence-electron chi connectivity index (χ0n) is 11.9. The normalized spacial score (nSPS) is 11.9. The van der Waals surface area contributed by atoms with Crippen molar-refractivity contribution in [3.8, 4) is 5.75 Å². The van der Waals surface area contributed by atoms with Crippen LogP contribution in [0.15, 0.2) is 48.5 Å². The number of carboxylic acids is 1. The van der Waals surface area contributed by atoms with Crippen molar-refractivity contribution in [3.63, 3.8) is 0 Å². The molecule has 2 aromatic rings. The molecule has 0 radical (unpaired) electrons. The number of benzene rings is 2. The van der Waals surface area contributed by atoms with E-state index in [4.69, 9.17) is 9.84 Å². The van der Waals surface area contributed by atoms with Gasteiger partial charge in [-0.15, -0.1) is 0 Å². The number of aliphatic hydroxyl groups excluding tert-OH is 1. The molecule has 0 heterocycles. The van der Waals surface area contributed by atoms with Crippen molar-refractivity contribution in [3.05, 3.63) is 63.2 Å². The van der Waals surface area contributed by atoms with Crippen molar-refractivity contribution in [2.45, 2.75) is 25.6 Å². The molecule has 22 heavy (non-hydrogen) atoms. The highest BCUT2D eigenvalue weighted by Gasteiger charge is 2.09. The topological polar surface area (TPSA) is 66.8 Å². The van der Waals surface area contributed by atoms with E-state index >= 15 is 0 Å². The van der Waals surface area contributed by atoms with Crippen molar-refractivity contribution in [2.24, 2.45) is 0 Å². The summed E-state index contributed by atoms with van der Waals surface area (Å²) in [6, 6.07) is 15.2. The lowest BCUT2D eigenvalue weighted by molar-refractivity contribution is -0.137. The highest BCUT2D eigenvalue weighted by molar-refractivity contribution is 14.1. The van der Waals surface area contributed by atoms with Crippen LogP contribution in [0, 0.1) is 3.57 Å². The number of halogens is 1. The van der Waals surface area contributed by atoms with Crippen LogP contribution in [0.3, 0.4) is 0 Å². The molecule has 0 aliphatic rings. The summed E-state index contributed by atoms with van der Waals surface area (Å²) in [5.41, 5.74) is 1.79. The number of carbonyl (C=O) groups is 1. The first kappa shape index (κ1) is 16.8. The van der Waals surface area contributed by atoms with Crippen molar-refractivity contribution >= 4 is 28.6 Å². The van der Waals surface area contributed by atoms with E-state index in [0.717, 1.165) is 5.56 Å². The predicted molar refractivity (Wildman–Crippen MR) is 91.8 cm³/mol. The van der Waals surface area contributed by atoms with Gasteiger partial charge in [0.1, 0.15) is 12.4 Å². The Morgan fingerprint density at radius 1 is 1.09 bits per heavy atom. The van der Waals surface area contributed by atoms with Crippen LogP contribution in [0.5, 0.6) is 5.75 Å². The van der Waals surface area contributed by atoms with Crippen LogP contribution in [0.4, 0.5) is 0 Å². The van der Waals surface area contributed by atoms with Gasteiger partial charge in [-0.25, -0.2) is 0 Å². The van der Waals surface area contributed by atoms with Crippen LogP contribution in [-0.2, 0) is 11.4 Å². The molecule has 0 amide bonds. The largest absolute Gasteiger partial charge is 0.489 e. The van der Waals surface area contributed by atoms with Crippen LogP contribution in [0.25, 0.3) is 0 Å². The second-order valence-corrected chi connectivity index (χ2v) is 6.18. The first-order valence-corrected chi connectivity index (χ1v) is 7.99. The number of aliphatic hydroxyl groups is 1. The van der Waals surface area contributed by atoms with Gasteiger partial charge in [-0.05, 0) is 64.4 Å². The molecular formula is C17H17IO4. The average molecular weight is 412 g/mol. The fraction of sp³-hybridized carbons (Fsp3) is 0.235. The zero-order chi connectivity index (χ0) is 15.9. The molecule has 0 aliphatic carbocycles. The first-order valence-electron chi connectivity index (χ1n) is 6.91. The number of hydrogen-bond acceptors (Lipinski definition) is 3. The Hall–Kier alpha value is -1.60. The molecule has 2 N–H and O–H groups in total. The van der Waals surface area contributed by atoms with E-state index in [2.05, 4.69) is 22.6 Å². The monoisotopic (exact) mass is 412 g/mol. The van der Waals surface area contributed by atoms with Gasteiger partial charge < -0.3 is 14.9 Å². The Bertz CT molecular complexity index is 608. The molecule has 0 aromatic heterocycles.